The molecule has 0 unspecified atom stereocenters. The molecule has 0 spiro atoms. The average Bonchev–Trinajstić information content (AvgIpc) is 2.17. The summed E-state index contributed by atoms with van der Waals surface area (Å²) in [5.74, 6) is -0.584. The van der Waals surface area contributed by atoms with Crippen molar-refractivity contribution in [2.45, 2.75) is 6.61 Å². The zero-order valence-corrected chi connectivity index (χ0v) is 8.89. The molecule has 0 aliphatic carbocycles. The highest BCUT2D eigenvalue weighted by molar-refractivity contribution is 5.88. The second kappa shape index (κ2) is 4.70. The molecule has 15 heavy (non-hydrogen) atoms. The Morgan fingerprint density at radius 3 is 2.73 bits per heavy atom. The van der Waals surface area contributed by atoms with Gasteiger partial charge in [-0.15, -0.1) is 0 Å². The van der Waals surface area contributed by atoms with Crippen LogP contribution in [0.1, 0.15) is 16.1 Å². The van der Waals surface area contributed by atoms with E-state index >= 15 is 0 Å². The van der Waals surface area contributed by atoms with Gasteiger partial charge in [0.1, 0.15) is 5.56 Å². The van der Waals surface area contributed by atoms with Crippen LogP contribution in [0.4, 0.5) is 5.95 Å². The Morgan fingerprint density at radius 2 is 2.27 bits per heavy atom. The lowest BCUT2D eigenvalue weighted by molar-refractivity contribution is 0.0690. The van der Waals surface area contributed by atoms with Crippen LogP contribution in [0.15, 0.2) is 6.20 Å². The number of carboxylic acids is 1. The Balaban J connectivity index is 3.14. The molecule has 0 aliphatic heterocycles. The first-order valence-corrected chi connectivity index (χ1v) is 4.31. The van der Waals surface area contributed by atoms with Crippen LogP contribution in [0.5, 0.6) is 0 Å². The maximum Gasteiger partial charge on any atom is 0.339 e. The fourth-order valence-corrected chi connectivity index (χ4v) is 1.05. The van der Waals surface area contributed by atoms with E-state index in [1.807, 2.05) is 0 Å². The molecule has 0 aliphatic rings. The fraction of sp³-hybridized carbons (Fsp3) is 0.444. The van der Waals surface area contributed by atoms with Gasteiger partial charge in [0.2, 0.25) is 5.95 Å². The van der Waals surface area contributed by atoms with Gasteiger partial charge in [0.25, 0.3) is 0 Å². The summed E-state index contributed by atoms with van der Waals surface area (Å²) in [4.78, 5) is 20.5. The van der Waals surface area contributed by atoms with E-state index in [0.29, 0.717) is 11.6 Å². The topological polar surface area (TPSA) is 75.5 Å². The van der Waals surface area contributed by atoms with Crippen LogP contribution in [0.2, 0.25) is 0 Å². The van der Waals surface area contributed by atoms with E-state index in [-0.39, 0.29) is 12.2 Å². The third kappa shape index (κ3) is 2.63. The molecule has 1 heterocycles. The highest BCUT2D eigenvalue weighted by Crippen LogP contribution is 2.10. The summed E-state index contributed by atoms with van der Waals surface area (Å²) in [6, 6.07) is 0. The quantitative estimate of drug-likeness (QED) is 0.776. The SMILES string of the molecule is COCc1nc(N(C)C)ncc1C(=O)O. The number of anilines is 1. The number of methoxy groups -OCH3 is 1. The minimum atomic E-state index is -1.05. The van der Waals surface area contributed by atoms with Crippen LogP contribution in [-0.2, 0) is 11.3 Å². The average molecular weight is 211 g/mol. The van der Waals surface area contributed by atoms with Crippen molar-refractivity contribution in [3.05, 3.63) is 17.5 Å². The lowest BCUT2D eigenvalue weighted by Gasteiger charge is -2.12. The van der Waals surface area contributed by atoms with Crippen molar-refractivity contribution in [1.29, 1.82) is 0 Å². The van der Waals surface area contributed by atoms with Gasteiger partial charge in [0, 0.05) is 27.4 Å². The van der Waals surface area contributed by atoms with Gasteiger partial charge in [-0.05, 0) is 0 Å². The molecule has 0 saturated heterocycles. The third-order valence-electron chi connectivity index (χ3n) is 1.77. The molecule has 82 valence electrons. The number of ether oxygens (including phenoxy) is 1. The maximum absolute atomic E-state index is 10.8. The lowest BCUT2D eigenvalue weighted by Crippen LogP contribution is -2.16. The van der Waals surface area contributed by atoms with Gasteiger partial charge in [0.05, 0.1) is 12.3 Å². The summed E-state index contributed by atoms with van der Waals surface area (Å²) < 4.78 is 4.88. The number of carboxylic acid groups (broad SMARTS) is 1. The van der Waals surface area contributed by atoms with Gasteiger partial charge in [-0.1, -0.05) is 0 Å². The Labute approximate surface area is 87.5 Å². The second-order valence-electron chi connectivity index (χ2n) is 3.16. The smallest absolute Gasteiger partial charge is 0.339 e. The van der Waals surface area contributed by atoms with Crippen molar-refractivity contribution in [2.75, 3.05) is 26.1 Å². The summed E-state index contributed by atoms with van der Waals surface area (Å²) in [5.41, 5.74) is 0.450. The molecule has 0 atom stereocenters. The molecule has 0 aromatic carbocycles. The van der Waals surface area contributed by atoms with E-state index in [4.69, 9.17) is 9.84 Å². The molecule has 6 nitrogen and oxygen atoms in total. The summed E-state index contributed by atoms with van der Waals surface area (Å²) in [6.45, 7) is 0.158. The molecule has 0 saturated carbocycles. The van der Waals surface area contributed by atoms with Crippen LogP contribution >= 0.6 is 0 Å². The molecule has 1 N–H and O–H groups in total. The van der Waals surface area contributed by atoms with Crippen molar-refractivity contribution in [1.82, 2.24) is 9.97 Å². The predicted octanol–water partition coefficient (Wildman–Crippen LogP) is 0.387. The molecule has 0 fully saturated rings. The normalized spacial score (nSPS) is 10.1. The third-order valence-corrected chi connectivity index (χ3v) is 1.77. The Morgan fingerprint density at radius 1 is 1.60 bits per heavy atom. The maximum atomic E-state index is 10.8. The van der Waals surface area contributed by atoms with Gasteiger partial charge in [-0.3, -0.25) is 0 Å². The fourth-order valence-electron chi connectivity index (χ4n) is 1.05. The number of rotatable bonds is 4. The van der Waals surface area contributed by atoms with Crippen molar-refractivity contribution in [2.24, 2.45) is 0 Å². The van der Waals surface area contributed by atoms with Gasteiger partial charge < -0.3 is 14.7 Å². The van der Waals surface area contributed by atoms with Crippen molar-refractivity contribution < 1.29 is 14.6 Å². The minimum absolute atomic E-state index is 0.0717. The molecule has 0 radical (unpaired) electrons. The second-order valence-corrected chi connectivity index (χ2v) is 3.16. The van der Waals surface area contributed by atoms with Gasteiger partial charge in [-0.25, -0.2) is 14.8 Å². The van der Waals surface area contributed by atoms with Crippen LogP contribution in [0.3, 0.4) is 0 Å². The predicted molar refractivity (Wildman–Crippen MR) is 54.0 cm³/mol. The number of aromatic carboxylic acids is 1. The zero-order valence-electron chi connectivity index (χ0n) is 8.89. The number of hydrogen-bond donors (Lipinski definition) is 1. The summed E-state index contributed by atoms with van der Waals surface area (Å²) >= 11 is 0. The van der Waals surface area contributed by atoms with Gasteiger partial charge in [-0.2, -0.15) is 0 Å². The first-order valence-electron chi connectivity index (χ1n) is 4.31. The zero-order chi connectivity index (χ0) is 11.4. The van der Waals surface area contributed by atoms with E-state index in [0.717, 1.165) is 0 Å². The minimum Gasteiger partial charge on any atom is -0.478 e. The van der Waals surface area contributed by atoms with Crippen LogP contribution < -0.4 is 4.90 Å². The first-order chi connectivity index (χ1) is 7.06. The summed E-state index contributed by atoms with van der Waals surface area (Å²) in [7, 11) is 5.06. The highest BCUT2D eigenvalue weighted by atomic mass is 16.5. The van der Waals surface area contributed by atoms with Gasteiger partial charge in [0.15, 0.2) is 0 Å². The first kappa shape index (κ1) is 11.4. The van der Waals surface area contributed by atoms with E-state index < -0.39 is 5.97 Å². The largest absolute Gasteiger partial charge is 0.478 e. The standard InChI is InChI=1S/C9H13N3O3/c1-12(2)9-10-4-6(8(13)14)7(11-9)5-15-3/h4H,5H2,1-3H3,(H,13,14). The van der Waals surface area contributed by atoms with Crippen LogP contribution in [0.25, 0.3) is 0 Å². The van der Waals surface area contributed by atoms with E-state index in [1.54, 1.807) is 19.0 Å². The Bertz CT molecular complexity index is 366. The number of nitrogens with zero attached hydrogens (tertiary/aromatic N) is 3. The molecule has 0 amide bonds. The van der Waals surface area contributed by atoms with E-state index in [2.05, 4.69) is 9.97 Å². The molecule has 0 bridgehead atoms. The number of aromatic nitrogens is 2. The van der Waals surface area contributed by atoms with Crippen molar-refractivity contribution in [3.63, 3.8) is 0 Å². The number of hydrogen-bond acceptors (Lipinski definition) is 5. The molecule has 6 heteroatoms. The van der Waals surface area contributed by atoms with Crippen molar-refractivity contribution >= 4 is 11.9 Å². The molecule has 1 aromatic heterocycles. The summed E-state index contributed by atoms with van der Waals surface area (Å²) in [6.07, 6.45) is 1.29. The number of carbonyl (C=O) groups is 1. The molecule has 1 aromatic rings. The van der Waals surface area contributed by atoms with Gasteiger partial charge >= 0.3 is 5.97 Å². The highest BCUT2D eigenvalue weighted by Gasteiger charge is 2.13. The molecular weight excluding hydrogens is 198 g/mol. The molecular formula is C9H13N3O3. The summed E-state index contributed by atoms with van der Waals surface area (Å²) in [5, 5.41) is 8.87. The Hall–Kier alpha value is -1.69. The van der Waals surface area contributed by atoms with Crippen LogP contribution in [-0.4, -0.2) is 42.2 Å². The van der Waals surface area contributed by atoms with E-state index in [9.17, 15) is 4.79 Å². The lowest BCUT2D eigenvalue weighted by atomic mass is 10.2. The monoisotopic (exact) mass is 211 g/mol. The van der Waals surface area contributed by atoms with E-state index in [1.165, 1.54) is 13.3 Å². The molecule has 1 rings (SSSR count). The Kier molecular flexibility index (Phi) is 3.56. The van der Waals surface area contributed by atoms with Crippen molar-refractivity contribution in [3.8, 4) is 0 Å². The van der Waals surface area contributed by atoms with Crippen LogP contribution in [0, 0.1) is 0 Å².